The number of carbonyl (C=O) groups excluding carboxylic acids is 2. The van der Waals surface area contributed by atoms with Crippen LogP contribution in [0.3, 0.4) is 0 Å². The third-order valence-corrected chi connectivity index (χ3v) is 6.78. The summed E-state index contributed by atoms with van der Waals surface area (Å²) < 4.78 is 5.15. The van der Waals surface area contributed by atoms with E-state index in [2.05, 4.69) is 5.32 Å². The maximum Gasteiger partial charge on any atom is 0.295 e. The van der Waals surface area contributed by atoms with Gasteiger partial charge in [-0.25, -0.2) is 4.68 Å². The van der Waals surface area contributed by atoms with Crippen LogP contribution in [-0.4, -0.2) is 25.6 Å². The van der Waals surface area contributed by atoms with Crippen molar-refractivity contribution in [1.29, 1.82) is 0 Å². The zero-order valence-electron chi connectivity index (χ0n) is 18.4. The Morgan fingerprint density at radius 2 is 1.70 bits per heavy atom. The monoisotopic (exact) mass is 478 g/mol. The van der Waals surface area contributed by atoms with E-state index in [0.29, 0.717) is 25.8 Å². The fraction of sp³-hybridized carbons (Fsp3) is 0.167. The maximum atomic E-state index is 13.0. The van der Waals surface area contributed by atoms with Crippen LogP contribution in [0.15, 0.2) is 65.6 Å². The Balaban J connectivity index is 1.55. The van der Waals surface area contributed by atoms with Gasteiger partial charge in [0.2, 0.25) is 11.7 Å². The highest BCUT2D eigenvalue weighted by molar-refractivity contribution is 7.73. The molecule has 0 atom stereocenters. The number of hydrogen-bond acceptors (Lipinski definition) is 5. The third-order valence-electron chi connectivity index (χ3n) is 5.37. The summed E-state index contributed by atoms with van der Waals surface area (Å²) in [5.74, 6) is -0.542. The number of para-hydroxylation sites is 1. The number of ketones is 1. The summed E-state index contributed by atoms with van der Waals surface area (Å²) in [6.07, 6.45) is 1.59. The van der Waals surface area contributed by atoms with E-state index in [1.54, 1.807) is 41.5 Å². The standard InChI is InChI=1S/C24H22N4O3S2/c1-15-9-11-17(12-10-15)22(30)19-13-27(24(32)33-19)14-20(29)25-21-16(2)26(3)28(23(21)31)18-7-5-4-6-8-18/h4-13H,14H2,1-3H3,(H,25,29). The number of aromatic nitrogens is 3. The molecule has 0 saturated heterocycles. The van der Waals surface area contributed by atoms with Crippen LogP contribution in [0, 0.1) is 17.8 Å². The molecule has 0 unspecified atom stereocenters. The van der Waals surface area contributed by atoms with E-state index < -0.39 is 5.91 Å². The first kappa shape index (κ1) is 22.6. The Morgan fingerprint density at radius 3 is 2.36 bits per heavy atom. The van der Waals surface area contributed by atoms with E-state index in [9.17, 15) is 14.4 Å². The molecule has 1 N–H and O–H groups in total. The first-order valence-corrected chi connectivity index (χ1v) is 11.4. The van der Waals surface area contributed by atoms with Crippen LogP contribution in [0.1, 0.15) is 26.5 Å². The van der Waals surface area contributed by atoms with Crippen molar-refractivity contribution in [3.05, 3.63) is 96.8 Å². The van der Waals surface area contributed by atoms with Gasteiger partial charge in [0.15, 0.2) is 3.95 Å². The van der Waals surface area contributed by atoms with Crippen LogP contribution in [0.2, 0.25) is 0 Å². The summed E-state index contributed by atoms with van der Waals surface area (Å²) in [6, 6.07) is 16.5. The van der Waals surface area contributed by atoms with Crippen molar-refractivity contribution in [3.8, 4) is 5.69 Å². The van der Waals surface area contributed by atoms with E-state index >= 15 is 0 Å². The molecule has 0 aliphatic carbocycles. The normalized spacial score (nSPS) is 10.9. The smallest absolute Gasteiger partial charge is 0.295 e. The molecule has 1 amide bonds. The Morgan fingerprint density at radius 1 is 1.03 bits per heavy atom. The lowest BCUT2D eigenvalue weighted by molar-refractivity contribution is -0.116. The number of nitrogens with zero attached hydrogens (tertiary/aromatic N) is 3. The van der Waals surface area contributed by atoms with Crippen LogP contribution < -0.4 is 10.9 Å². The van der Waals surface area contributed by atoms with Gasteiger partial charge in [0, 0.05) is 18.8 Å². The van der Waals surface area contributed by atoms with Crippen molar-refractivity contribution in [2.45, 2.75) is 20.4 Å². The van der Waals surface area contributed by atoms with Crippen LogP contribution >= 0.6 is 23.6 Å². The molecule has 0 aliphatic heterocycles. The molecular weight excluding hydrogens is 456 g/mol. The Labute approximate surface area is 199 Å². The fourth-order valence-corrected chi connectivity index (χ4v) is 4.68. The molecule has 0 fully saturated rings. The van der Waals surface area contributed by atoms with Gasteiger partial charge in [0.1, 0.15) is 12.2 Å². The highest BCUT2D eigenvalue weighted by atomic mass is 32.1. The van der Waals surface area contributed by atoms with Crippen molar-refractivity contribution in [2.24, 2.45) is 7.05 Å². The molecule has 0 spiro atoms. The molecule has 33 heavy (non-hydrogen) atoms. The Kier molecular flexibility index (Phi) is 6.26. The van der Waals surface area contributed by atoms with Gasteiger partial charge in [-0.15, -0.1) is 11.3 Å². The second kappa shape index (κ2) is 9.13. The number of nitrogens with one attached hydrogen (secondary N) is 1. The van der Waals surface area contributed by atoms with Gasteiger partial charge in [-0.2, -0.15) is 0 Å². The average molecular weight is 479 g/mol. The minimum atomic E-state index is -0.399. The summed E-state index contributed by atoms with van der Waals surface area (Å²) >= 11 is 6.52. The first-order valence-electron chi connectivity index (χ1n) is 10.2. The SMILES string of the molecule is Cc1ccc(C(=O)c2cn(CC(=O)Nc3c(C)n(C)n(-c4ccccc4)c3=O)c(=S)s2)cc1. The third kappa shape index (κ3) is 4.50. The van der Waals surface area contributed by atoms with Gasteiger partial charge in [-0.3, -0.25) is 19.1 Å². The number of rotatable bonds is 6. The van der Waals surface area contributed by atoms with Gasteiger partial charge in [-0.05, 0) is 38.2 Å². The summed E-state index contributed by atoms with van der Waals surface area (Å²) in [6.45, 7) is 3.62. The average Bonchev–Trinajstić information content (AvgIpc) is 3.26. The fourth-order valence-electron chi connectivity index (χ4n) is 3.48. The Hall–Kier alpha value is -3.56. The molecule has 0 radical (unpaired) electrons. The number of amides is 1. The van der Waals surface area contributed by atoms with Crippen molar-refractivity contribution >= 4 is 40.9 Å². The van der Waals surface area contributed by atoms with Gasteiger partial charge >= 0.3 is 0 Å². The number of benzene rings is 2. The van der Waals surface area contributed by atoms with Crippen molar-refractivity contribution < 1.29 is 9.59 Å². The van der Waals surface area contributed by atoms with Crippen molar-refractivity contribution in [1.82, 2.24) is 13.9 Å². The molecule has 2 aromatic carbocycles. The van der Waals surface area contributed by atoms with Crippen LogP contribution in [0.25, 0.3) is 5.69 Å². The van der Waals surface area contributed by atoms with Crippen molar-refractivity contribution in [2.75, 3.05) is 5.32 Å². The summed E-state index contributed by atoms with van der Waals surface area (Å²) in [7, 11) is 1.76. The first-order chi connectivity index (χ1) is 15.8. The maximum absolute atomic E-state index is 13.0. The van der Waals surface area contributed by atoms with Gasteiger partial charge in [-0.1, -0.05) is 48.0 Å². The minimum Gasteiger partial charge on any atom is -0.320 e. The molecule has 0 saturated carbocycles. The van der Waals surface area contributed by atoms with Gasteiger partial charge in [0.25, 0.3) is 5.56 Å². The van der Waals surface area contributed by atoms with E-state index in [0.717, 1.165) is 16.9 Å². The van der Waals surface area contributed by atoms with E-state index in [-0.39, 0.29) is 23.6 Å². The van der Waals surface area contributed by atoms with Crippen LogP contribution in [0.5, 0.6) is 0 Å². The van der Waals surface area contributed by atoms with E-state index in [1.165, 1.54) is 4.68 Å². The molecule has 7 nitrogen and oxygen atoms in total. The molecule has 2 heterocycles. The number of thiazole rings is 1. The summed E-state index contributed by atoms with van der Waals surface area (Å²) in [5, 5.41) is 2.72. The highest BCUT2D eigenvalue weighted by Crippen LogP contribution is 2.19. The number of carbonyl (C=O) groups is 2. The van der Waals surface area contributed by atoms with Gasteiger partial charge < -0.3 is 9.88 Å². The molecular formula is C24H22N4O3S2. The lowest BCUT2D eigenvalue weighted by Crippen LogP contribution is -2.24. The lowest BCUT2D eigenvalue weighted by Gasteiger charge is -2.07. The summed E-state index contributed by atoms with van der Waals surface area (Å²) in [5.41, 5.74) is 2.85. The predicted octanol–water partition coefficient (Wildman–Crippen LogP) is 4.26. The van der Waals surface area contributed by atoms with Crippen LogP contribution in [-0.2, 0) is 18.4 Å². The minimum absolute atomic E-state index is 0.102. The number of anilines is 1. The number of aryl methyl sites for hydroxylation is 1. The summed E-state index contributed by atoms with van der Waals surface area (Å²) in [4.78, 5) is 39.0. The highest BCUT2D eigenvalue weighted by Gasteiger charge is 2.19. The second-order valence-electron chi connectivity index (χ2n) is 7.67. The van der Waals surface area contributed by atoms with E-state index in [4.69, 9.17) is 12.2 Å². The zero-order valence-corrected chi connectivity index (χ0v) is 20.0. The molecule has 168 valence electrons. The molecule has 4 aromatic rings. The predicted molar refractivity (Wildman–Crippen MR) is 132 cm³/mol. The zero-order chi connectivity index (χ0) is 23.7. The quantitative estimate of drug-likeness (QED) is 0.332. The van der Waals surface area contributed by atoms with Crippen molar-refractivity contribution in [3.63, 3.8) is 0 Å². The second-order valence-corrected chi connectivity index (χ2v) is 9.34. The molecule has 0 bridgehead atoms. The Bertz CT molecular complexity index is 1460. The largest absolute Gasteiger partial charge is 0.320 e. The molecule has 4 rings (SSSR count). The van der Waals surface area contributed by atoms with Gasteiger partial charge in [0.05, 0.1) is 16.3 Å². The topological polar surface area (TPSA) is 78.0 Å². The molecule has 2 aromatic heterocycles. The van der Waals surface area contributed by atoms with E-state index in [1.807, 2.05) is 49.4 Å². The lowest BCUT2D eigenvalue weighted by atomic mass is 10.1. The number of hydrogen-bond donors (Lipinski definition) is 1. The van der Waals surface area contributed by atoms with Crippen LogP contribution in [0.4, 0.5) is 5.69 Å². The molecule has 9 heteroatoms. The molecule has 0 aliphatic rings.